The minimum absolute atomic E-state index is 0.145. The lowest BCUT2D eigenvalue weighted by atomic mass is 9.92. The fraction of sp³-hybridized carbons (Fsp3) is 0.364. The summed E-state index contributed by atoms with van der Waals surface area (Å²) in [6.07, 6.45) is 3.26. The number of carbonyl (C=O) groups excluding carboxylic acids is 1. The van der Waals surface area contributed by atoms with Gasteiger partial charge in [-0.25, -0.2) is 18.7 Å². The van der Waals surface area contributed by atoms with Crippen LogP contribution in [0, 0.1) is 26.9 Å². The van der Waals surface area contributed by atoms with Gasteiger partial charge in [0.05, 0.1) is 35.9 Å². The Morgan fingerprint density at radius 3 is 2.55 bits per heavy atom. The molecular weight excluding hydrogens is 554 g/mol. The Morgan fingerprint density at radius 2 is 1.91 bits per heavy atom. The van der Waals surface area contributed by atoms with Crippen molar-refractivity contribution in [1.29, 1.82) is 0 Å². The van der Waals surface area contributed by atoms with E-state index in [1.54, 1.807) is 6.07 Å². The van der Waals surface area contributed by atoms with Crippen molar-refractivity contribution in [2.75, 3.05) is 25.6 Å². The van der Waals surface area contributed by atoms with Crippen LogP contribution in [0.1, 0.15) is 41.6 Å². The summed E-state index contributed by atoms with van der Waals surface area (Å²) in [4.78, 5) is 22.5. The second-order valence-electron chi connectivity index (χ2n) is 7.37. The first-order valence-electron chi connectivity index (χ1n) is 10.3. The maximum atomic E-state index is 15.3. The molecule has 3 rings (SSSR count). The number of benzene rings is 2. The van der Waals surface area contributed by atoms with Crippen LogP contribution in [0.5, 0.6) is 0 Å². The van der Waals surface area contributed by atoms with Crippen LogP contribution in [0.25, 0.3) is 0 Å². The molecule has 0 heterocycles. The molecular formula is C22H23F3IN3O4. The summed E-state index contributed by atoms with van der Waals surface area (Å²) in [5.41, 5.74) is 1.01. The van der Waals surface area contributed by atoms with Crippen LogP contribution in [-0.4, -0.2) is 37.0 Å². The average Bonchev–Trinajstić information content (AvgIpc) is 3.32. The Kier molecular flexibility index (Phi) is 8.92. The number of hydrogen-bond acceptors (Lipinski definition) is 6. The van der Waals surface area contributed by atoms with Gasteiger partial charge in [-0.2, -0.15) is 0 Å². The van der Waals surface area contributed by atoms with Crippen LogP contribution in [-0.2, 0) is 9.68 Å². The lowest BCUT2D eigenvalue weighted by Crippen LogP contribution is -2.27. The first-order valence-corrected chi connectivity index (χ1v) is 11.3. The number of anilines is 2. The quantitative estimate of drug-likeness (QED) is 0.175. The molecule has 0 spiro atoms. The molecule has 0 atom stereocenters. The molecule has 0 bridgehead atoms. The minimum atomic E-state index is -1.38. The number of nitrogens with zero attached hydrogens (tertiary/aromatic N) is 1. The van der Waals surface area contributed by atoms with Gasteiger partial charge in [0, 0.05) is 15.1 Å². The molecule has 0 aromatic heterocycles. The van der Waals surface area contributed by atoms with Crippen LogP contribution < -0.4 is 10.8 Å². The van der Waals surface area contributed by atoms with Crippen molar-refractivity contribution < 1.29 is 32.7 Å². The van der Waals surface area contributed by atoms with Crippen LogP contribution >= 0.6 is 22.6 Å². The van der Waals surface area contributed by atoms with E-state index in [9.17, 15) is 9.18 Å². The fourth-order valence-corrected chi connectivity index (χ4v) is 4.15. The smallest absolute Gasteiger partial charge is 0.277 e. The van der Waals surface area contributed by atoms with Crippen molar-refractivity contribution in [2.24, 2.45) is 11.1 Å². The first-order chi connectivity index (χ1) is 15.9. The zero-order valence-corrected chi connectivity index (χ0v) is 19.9. The number of halogens is 4. The van der Waals surface area contributed by atoms with Gasteiger partial charge in [-0.15, -0.1) is 0 Å². The van der Waals surface area contributed by atoms with E-state index in [-0.39, 0.29) is 41.7 Å². The van der Waals surface area contributed by atoms with E-state index in [2.05, 4.69) is 16.0 Å². The van der Waals surface area contributed by atoms with E-state index in [1.165, 1.54) is 19.2 Å². The van der Waals surface area contributed by atoms with Gasteiger partial charge in [-0.1, -0.05) is 18.0 Å². The van der Waals surface area contributed by atoms with Gasteiger partial charge in [-0.05, 0) is 59.7 Å². The first kappa shape index (κ1) is 25.2. The zero-order valence-electron chi connectivity index (χ0n) is 17.8. The molecule has 1 amide bonds. The van der Waals surface area contributed by atoms with Crippen molar-refractivity contribution in [1.82, 2.24) is 5.48 Å². The van der Waals surface area contributed by atoms with Crippen molar-refractivity contribution in [3.8, 4) is 0 Å². The zero-order chi connectivity index (χ0) is 24.0. The number of carbonyl (C=O) groups is 1. The average molecular weight is 577 g/mol. The SMILES string of the molecule is CO/N=C(/c1cc(C(=O)NOCCO)c(Nc2ccc(I)cc2F)c(F)c1F)C1CCCC1. The van der Waals surface area contributed by atoms with Gasteiger partial charge < -0.3 is 15.3 Å². The summed E-state index contributed by atoms with van der Waals surface area (Å²) in [6.45, 7) is -0.580. The molecule has 1 aliphatic carbocycles. The second kappa shape index (κ2) is 11.7. The van der Waals surface area contributed by atoms with Gasteiger partial charge in [0.15, 0.2) is 11.6 Å². The normalized spacial score (nSPS) is 14.4. The molecule has 1 saturated carbocycles. The van der Waals surface area contributed by atoms with Crippen molar-refractivity contribution >= 4 is 45.6 Å². The van der Waals surface area contributed by atoms with Gasteiger partial charge in [-0.3, -0.25) is 9.63 Å². The Bertz CT molecular complexity index is 1050. The molecule has 11 heteroatoms. The van der Waals surface area contributed by atoms with Crippen LogP contribution in [0.4, 0.5) is 24.5 Å². The number of oxime groups is 1. The Morgan fingerprint density at radius 1 is 1.18 bits per heavy atom. The Balaban J connectivity index is 2.12. The molecule has 7 nitrogen and oxygen atoms in total. The number of nitrogens with one attached hydrogen (secondary N) is 2. The van der Waals surface area contributed by atoms with E-state index in [1.807, 2.05) is 22.6 Å². The number of hydroxylamine groups is 1. The largest absolute Gasteiger partial charge is 0.399 e. The highest BCUT2D eigenvalue weighted by Crippen LogP contribution is 2.35. The molecule has 0 saturated heterocycles. The summed E-state index contributed by atoms with van der Waals surface area (Å²) in [6, 6.07) is 5.27. The van der Waals surface area contributed by atoms with Gasteiger partial charge >= 0.3 is 0 Å². The number of rotatable bonds is 9. The van der Waals surface area contributed by atoms with Crippen LogP contribution in [0.15, 0.2) is 29.4 Å². The topological polar surface area (TPSA) is 92.2 Å². The van der Waals surface area contributed by atoms with E-state index < -0.39 is 29.0 Å². The summed E-state index contributed by atoms with van der Waals surface area (Å²) < 4.78 is 45.6. The van der Waals surface area contributed by atoms with E-state index in [0.29, 0.717) is 3.57 Å². The van der Waals surface area contributed by atoms with E-state index in [4.69, 9.17) is 14.8 Å². The maximum absolute atomic E-state index is 15.3. The fourth-order valence-electron chi connectivity index (χ4n) is 3.70. The van der Waals surface area contributed by atoms with Gasteiger partial charge in [0.1, 0.15) is 12.9 Å². The molecule has 0 radical (unpaired) electrons. The van der Waals surface area contributed by atoms with Crippen molar-refractivity contribution in [2.45, 2.75) is 25.7 Å². The number of hydrogen-bond donors (Lipinski definition) is 3. The van der Waals surface area contributed by atoms with Crippen LogP contribution in [0.2, 0.25) is 0 Å². The summed E-state index contributed by atoms with van der Waals surface area (Å²) >= 11 is 1.91. The highest BCUT2D eigenvalue weighted by molar-refractivity contribution is 14.1. The molecule has 2 aromatic rings. The van der Waals surface area contributed by atoms with Crippen molar-refractivity contribution in [3.63, 3.8) is 0 Å². The molecule has 1 fully saturated rings. The van der Waals surface area contributed by atoms with Gasteiger partial charge in [0.25, 0.3) is 5.91 Å². The monoisotopic (exact) mass is 577 g/mol. The lowest BCUT2D eigenvalue weighted by molar-refractivity contribution is 0.0168. The third kappa shape index (κ3) is 5.95. The molecule has 0 aliphatic heterocycles. The maximum Gasteiger partial charge on any atom is 0.277 e. The summed E-state index contributed by atoms with van der Waals surface area (Å²) in [7, 11) is 1.30. The molecule has 1 aliphatic rings. The van der Waals surface area contributed by atoms with E-state index in [0.717, 1.165) is 31.7 Å². The predicted octanol–water partition coefficient (Wildman–Crippen LogP) is 4.65. The molecule has 0 unspecified atom stereocenters. The number of aliphatic hydroxyl groups excluding tert-OH is 1. The standard InChI is InChI=1S/C22H23F3IN3O4/c1-32-28-20(12-4-2-3-5-12)14-11-15(22(31)29-33-9-8-30)21(19(25)18(14)24)27-17-7-6-13(26)10-16(17)23/h6-7,10-12,27,30H,2-5,8-9H2,1H3,(H,29,31)/b28-20+. The number of amides is 1. The summed E-state index contributed by atoms with van der Waals surface area (Å²) in [5, 5.41) is 15.3. The minimum Gasteiger partial charge on any atom is -0.399 e. The molecule has 33 heavy (non-hydrogen) atoms. The third-order valence-corrected chi connectivity index (χ3v) is 5.88. The Labute approximate surface area is 202 Å². The molecule has 178 valence electrons. The lowest BCUT2D eigenvalue weighted by Gasteiger charge is -2.19. The molecule has 3 N–H and O–H groups in total. The van der Waals surface area contributed by atoms with Gasteiger partial charge in [0.2, 0.25) is 0 Å². The highest BCUT2D eigenvalue weighted by Gasteiger charge is 2.30. The highest BCUT2D eigenvalue weighted by atomic mass is 127. The Hall–Kier alpha value is -2.38. The van der Waals surface area contributed by atoms with Crippen LogP contribution in [0.3, 0.4) is 0 Å². The third-order valence-electron chi connectivity index (χ3n) is 5.21. The predicted molar refractivity (Wildman–Crippen MR) is 125 cm³/mol. The second-order valence-corrected chi connectivity index (χ2v) is 8.61. The number of aliphatic hydroxyl groups is 1. The van der Waals surface area contributed by atoms with E-state index >= 15 is 8.78 Å². The van der Waals surface area contributed by atoms with Crippen molar-refractivity contribution in [3.05, 3.63) is 56.4 Å². The summed E-state index contributed by atoms with van der Waals surface area (Å²) in [5.74, 6) is -4.40. The molecule has 2 aromatic carbocycles.